The molecule has 0 spiro atoms. The number of ether oxygens (including phenoxy) is 1. The molecule has 0 amide bonds. The Bertz CT molecular complexity index is 829. The normalized spacial score (nSPS) is 16.8. The van der Waals surface area contributed by atoms with Gasteiger partial charge in [0.1, 0.15) is 0 Å². The lowest BCUT2D eigenvalue weighted by Crippen LogP contribution is -2.70. The van der Waals surface area contributed by atoms with E-state index in [2.05, 4.69) is 0 Å². The lowest BCUT2D eigenvalue weighted by atomic mass is 9.83. The van der Waals surface area contributed by atoms with E-state index in [1.54, 1.807) is 13.8 Å². The van der Waals surface area contributed by atoms with Gasteiger partial charge in [0.15, 0.2) is 0 Å². The van der Waals surface area contributed by atoms with Gasteiger partial charge in [-0.05, 0) is 24.0 Å². The van der Waals surface area contributed by atoms with E-state index in [9.17, 15) is 57.1 Å². The number of benzene rings is 1. The Morgan fingerprint density at radius 3 is 1.58 bits per heavy atom. The summed E-state index contributed by atoms with van der Waals surface area (Å²) in [6.07, 6.45) is -9.90. The van der Waals surface area contributed by atoms with Gasteiger partial charge in [0.05, 0.1) is 12.0 Å². The third-order valence-electron chi connectivity index (χ3n) is 5.17. The summed E-state index contributed by atoms with van der Waals surface area (Å²) in [5.41, 5.74) is -2.40. The summed E-state index contributed by atoms with van der Waals surface area (Å²) in [7, 11) is 0.695. The summed E-state index contributed by atoms with van der Waals surface area (Å²) in [5, 5.41) is 0. The highest BCUT2D eigenvalue weighted by molar-refractivity contribution is 5.30. The highest BCUT2D eigenvalue weighted by Crippen LogP contribution is 2.61. The molecule has 0 radical (unpaired) electrons. The average Bonchev–Trinajstić information content (AvgIpc) is 2.66. The van der Waals surface area contributed by atoms with Gasteiger partial charge in [0, 0.05) is 7.11 Å². The van der Waals surface area contributed by atoms with E-state index in [0.717, 1.165) is 6.07 Å². The van der Waals surface area contributed by atoms with Gasteiger partial charge >= 0.3 is 35.8 Å². The molecule has 1 aromatic rings. The van der Waals surface area contributed by atoms with E-state index in [-0.39, 0.29) is 11.5 Å². The van der Waals surface area contributed by atoms with Crippen LogP contribution in [0.25, 0.3) is 0 Å². The molecule has 192 valence electrons. The largest absolute Gasteiger partial charge is 0.460 e. The quantitative estimate of drug-likeness (QED) is 0.308. The second kappa shape index (κ2) is 8.49. The molecule has 0 saturated heterocycles. The van der Waals surface area contributed by atoms with Crippen LogP contribution in [0.3, 0.4) is 0 Å². The first kappa shape index (κ1) is 29.3. The molecule has 0 bridgehead atoms. The standard InChI is InChI=1S/C19H19F13O/c1-10(2)11-6-5-7-12(8-11)13(3,33-4)9-14(20,21)15(22,23)16(24,25)17(26,27)18(28,29)19(30,31)32/h5-8,10H,9H2,1-4H3. The van der Waals surface area contributed by atoms with Crippen LogP contribution in [0.2, 0.25) is 0 Å². The van der Waals surface area contributed by atoms with Crippen LogP contribution in [0.5, 0.6) is 0 Å². The molecule has 1 unspecified atom stereocenters. The number of hydrogen-bond acceptors (Lipinski definition) is 1. The maximum Gasteiger partial charge on any atom is 0.460 e. The van der Waals surface area contributed by atoms with Crippen LogP contribution in [0.1, 0.15) is 44.2 Å². The molecule has 0 saturated carbocycles. The monoisotopic (exact) mass is 510 g/mol. The van der Waals surface area contributed by atoms with Crippen molar-refractivity contribution in [2.24, 2.45) is 0 Å². The minimum atomic E-state index is -7.92. The van der Waals surface area contributed by atoms with Gasteiger partial charge in [-0.25, -0.2) is 0 Å². The molecule has 0 fully saturated rings. The fourth-order valence-electron chi connectivity index (χ4n) is 2.86. The topological polar surface area (TPSA) is 9.23 Å². The molecular formula is C19H19F13O. The number of alkyl halides is 13. The summed E-state index contributed by atoms with van der Waals surface area (Å²) in [6, 6.07) is 5.00. The summed E-state index contributed by atoms with van der Waals surface area (Å²) in [4.78, 5) is 0. The highest BCUT2D eigenvalue weighted by atomic mass is 19.4. The SMILES string of the molecule is COC(C)(CC(F)(F)C(F)(F)C(F)(F)C(F)(F)C(F)(F)C(F)(F)F)c1cccc(C(C)C)c1. The minimum Gasteiger partial charge on any atom is -0.374 e. The molecule has 1 aromatic carbocycles. The summed E-state index contributed by atoms with van der Waals surface area (Å²) < 4.78 is 178. The molecular weight excluding hydrogens is 491 g/mol. The fourth-order valence-corrected chi connectivity index (χ4v) is 2.86. The zero-order chi connectivity index (χ0) is 26.5. The van der Waals surface area contributed by atoms with E-state index in [1.165, 1.54) is 18.2 Å². The smallest absolute Gasteiger partial charge is 0.374 e. The van der Waals surface area contributed by atoms with Crippen LogP contribution in [0.4, 0.5) is 57.1 Å². The number of halogens is 13. The van der Waals surface area contributed by atoms with Gasteiger partial charge < -0.3 is 4.74 Å². The summed E-state index contributed by atoms with van der Waals surface area (Å²) in [5.74, 6) is -37.3. The van der Waals surface area contributed by atoms with Crippen LogP contribution < -0.4 is 0 Å². The van der Waals surface area contributed by atoms with E-state index >= 15 is 0 Å². The van der Waals surface area contributed by atoms with Crippen LogP contribution in [0, 0.1) is 0 Å². The Morgan fingerprint density at radius 1 is 0.727 bits per heavy atom. The molecule has 0 aliphatic carbocycles. The zero-order valence-corrected chi connectivity index (χ0v) is 17.4. The predicted octanol–water partition coefficient (Wildman–Crippen LogP) is 7.80. The predicted molar refractivity (Wildman–Crippen MR) is 90.3 cm³/mol. The number of rotatable bonds is 9. The molecule has 1 rings (SSSR count). The first-order chi connectivity index (χ1) is 14.4. The lowest BCUT2D eigenvalue weighted by molar-refractivity contribution is -0.441. The van der Waals surface area contributed by atoms with Gasteiger partial charge in [0.25, 0.3) is 0 Å². The molecule has 1 atom stereocenters. The Balaban J connectivity index is 3.54. The zero-order valence-electron chi connectivity index (χ0n) is 17.4. The average molecular weight is 510 g/mol. The number of methoxy groups -OCH3 is 1. The first-order valence-corrected chi connectivity index (χ1v) is 9.04. The highest BCUT2D eigenvalue weighted by Gasteiger charge is 2.90. The van der Waals surface area contributed by atoms with Crippen LogP contribution in [-0.2, 0) is 10.3 Å². The molecule has 33 heavy (non-hydrogen) atoms. The molecule has 0 N–H and O–H groups in total. The van der Waals surface area contributed by atoms with Crippen molar-refractivity contribution >= 4 is 0 Å². The maximum atomic E-state index is 14.4. The van der Waals surface area contributed by atoms with E-state index in [4.69, 9.17) is 4.74 Å². The van der Waals surface area contributed by atoms with Gasteiger partial charge in [-0.15, -0.1) is 0 Å². The maximum absolute atomic E-state index is 14.4. The van der Waals surface area contributed by atoms with Crippen molar-refractivity contribution in [1.82, 2.24) is 0 Å². The molecule has 1 nitrogen and oxygen atoms in total. The second-order valence-corrected chi connectivity index (χ2v) is 7.89. The van der Waals surface area contributed by atoms with Crippen LogP contribution in [0.15, 0.2) is 24.3 Å². The summed E-state index contributed by atoms with van der Waals surface area (Å²) >= 11 is 0. The van der Waals surface area contributed by atoms with Gasteiger partial charge in [-0.2, -0.15) is 57.1 Å². The Labute approximate surface area is 179 Å². The summed E-state index contributed by atoms with van der Waals surface area (Å²) in [6.45, 7) is 4.00. The van der Waals surface area contributed by atoms with Crippen molar-refractivity contribution in [2.45, 2.75) is 74.5 Å². The van der Waals surface area contributed by atoms with Crippen LogP contribution >= 0.6 is 0 Å². The van der Waals surface area contributed by atoms with Gasteiger partial charge in [0.2, 0.25) is 0 Å². The Kier molecular flexibility index (Phi) is 7.54. The van der Waals surface area contributed by atoms with Crippen molar-refractivity contribution in [2.75, 3.05) is 7.11 Å². The van der Waals surface area contributed by atoms with Crippen molar-refractivity contribution in [3.05, 3.63) is 35.4 Å². The number of hydrogen-bond donors (Lipinski definition) is 0. The van der Waals surface area contributed by atoms with Crippen molar-refractivity contribution in [3.8, 4) is 0 Å². The van der Waals surface area contributed by atoms with Gasteiger partial charge in [-0.1, -0.05) is 38.1 Å². The molecule has 0 aliphatic heterocycles. The van der Waals surface area contributed by atoms with E-state index in [0.29, 0.717) is 19.6 Å². The van der Waals surface area contributed by atoms with E-state index < -0.39 is 47.8 Å². The fraction of sp³-hybridized carbons (Fsp3) is 0.684. The third kappa shape index (κ3) is 4.63. The minimum absolute atomic E-state index is 0.236. The lowest BCUT2D eigenvalue weighted by Gasteiger charge is -2.42. The van der Waals surface area contributed by atoms with Crippen molar-refractivity contribution in [3.63, 3.8) is 0 Å². The van der Waals surface area contributed by atoms with Crippen molar-refractivity contribution < 1.29 is 61.8 Å². The second-order valence-electron chi connectivity index (χ2n) is 7.89. The Hall–Kier alpha value is -1.73. The van der Waals surface area contributed by atoms with Crippen molar-refractivity contribution in [1.29, 1.82) is 0 Å². The van der Waals surface area contributed by atoms with Crippen LogP contribution in [-0.4, -0.2) is 42.9 Å². The molecule has 0 heterocycles. The third-order valence-corrected chi connectivity index (χ3v) is 5.17. The molecule has 14 heteroatoms. The molecule has 0 aromatic heterocycles. The Morgan fingerprint density at radius 2 is 1.18 bits per heavy atom. The first-order valence-electron chi connectivity index (χ1n) is 9.04. The van der Waals surface area contributed by atoms with Gasteiger partial charge in [-0.3, -0.25) is 0 Å². The van der Waals surface area contributed by atoms with E-state index in [1.807, 2.05) is 0 Å². The molecule has 0 aliphatic rings.